The van der Waals surface area contributed by atoms with Crippen LogP contribution < -0.4 is 4.90 Å². The predicted octanol–water partition coefficient (Wildman–Crippen LogP) is 3.38. The molecule has 0 radical (unpaired) electrons. The van der Waals surface area contributed by atoms with Crippen molar-refractivity contribution in [1.82, 2.24) is 4.98 Å². The van der Waals surface area contributed by atoms with Crippen molar-refractivity contribution in [2.24, 2.45) is 0 Å². The van der Waals surface area contributed by atoms with E-state index in [1.807, 2.05) is 16.7 Å². The van der Waals surface area contributed by atoms with Crippen LogP contribution in [0.1, 0.15) is 42.1 Å². The molecule has 2 unspecified atom stereocenters. The molecule has 0 aromatic carbocycles. The molecule has 0 saturated carbocycles. The average Bonchev–Trinajstić information content (AvgIpc) is 2.97. The van der Waals surface area contributed by atoms with Crippen LogP contribution in [0.3, 0.4) is 0 Å². The van der Waals surface area contributed by atoms with Gasteiger partial charge in [0.2, 0.25) is 0 Å². The number of nitrogens with zero attached hydrogens (tertiary/aromatic N) is 2. The first-order valence-corrected chi connectivity index (χ1v) is 7.89. The monoisotopic (exact) mass is 280 g/mol. The topological polar surface area (TPSA) is 36.4 Å². The molecular formula is C13H16N2OS2. The minimum Gasteiger partial charge on any atom is -0.387 e. The molecule has 3 nitrogen and oxygen atoms in total. The third-order valence-electron chi connectivity index (χ3n) is 3.46. The Hall–Kier alpha value is -0.910. The zero-order valence-corrected chi connectivity index (χ0v) is 12.1. The molecule has 3 rings (SSSR count). The van der Waals surface area contributed by atoms with Crippen LogP contribution in [-0.2, 0) is 6.42 Å². The van der Waals surface area contributed by atoms with Gasteiger partial charge in [0.15, 0.2) is 5.13 Å². The van der Waals surface area contributed by atoms with Crippen molar-refractivity contribution in [3.63, 3.8) is 0 Å². The smallest absolute Gasteiger partial charge is 0.186 e. The second kappa shape index (κ2) is 4.64. The van der Waals surface area contributed by atoms with Crippen molar-refractivity contribution < 1.29 is 5.11 Å². The van der Waals surface area contributed by atoms with Gasteiger partial charge >= 0.3 is 0 Å². The van der Waals surface area contributed by atoms with Gasteiger partial charge in [-0.3, -0.25) is 0 Å². The second-order valence-corrected chi connectivity index (χ2v) is 6.49. The summed E-state index contributed by atoms with van der Waals surface area (Å²) in [6, 6.07) is 2.60. The molecule has 0 fully saturated rings. The highest BCUT2D eigenvalue weighted by molar-refractivity contribution is 7.13. The van der Waals surface area contributed by atoms with Gasteiger partial charge in [-0.05, 0) is 37.3 Å². The third kappa shape index (κ3) is 1.96. The van der Waals surface area contributed by atoms with Gasteiger partial charge in [-0.15, -0.1) is 22.7 Å². The van der Waals surface area contributed by atoms with E-state index in [0.717, 1.165) is 23.8 Å². The molecule has 0 saturated heterocycles. The quantitative estimate of drug-likeness (QED) is 0.916. The number of anilines is 1. The summed E-state index contributed by atoms with van der Waals surface area (Å²) in [7, 11) is 0. The predicted molar refractivity (Wildman–Crippen MR) is 76.5 cm³/mol. The fraction of sp³-hybridized carbons (Fsp3) is 0.462. The zero-order chi connectivity index (χ0) is 12.7. The van der Waals surface area contributed by atoms with Gasteiger partial charge in [0.1, 0.15) is 0 Å². The van der Waals surface area contributed by atoms with Crippen LogP contribution in [0.25, 0.3) is 0 Å². The summed E-state index contributed by atoms with van der Waals surface area (Å²) in [6.45, 7) is 5.01. The maximum Gasteiger partial charge on any atom is 0.186 e. The second-order valence-electron chi connectivity index (χ2n) is 4.65. The van der Waals surface area contributed by atoms with Crippen LogP contribution in [0.5, 0.6) is 0 Å². The standard InChI is InChI=1S/C13H16N2OS2/c1-8-10-4-6-17-12(10)3-5-15(8)13-14-11(7-18-13)9(2)16/h4,6-9,16H,3,5H2,1-2H3. The molecule has 96 valence electrons. The number of aliphatic hydroxyl groups excluding tert-OH is 1. The normalized spacial score (nSPS) is 20.8. The molecule has 3 heterocycles. The molecule has 1 N–H and O–H groups in total. The summed E-state index contributed by atoms with van der Waals surface area (Å²) in [6.07, 6.45) is 0.618. The van der Waals surface area contributed by atoms with Gasteiger partial charge in [0.25, 0.3) is 0 Å². The van der Waals surface area contributed by atoms with Crippen LogP contribution in [0, 0.1) is 0 Å². The molecule has 2 atom stereocenters. The third-order valence-corrected chi connectivity index (χ3v) is 5.35. The number of aromatic nitrogens is 1. The minimum absolute atomic E-state index is 0.382. The first-order valence-electron chi connectivity index (χ1n) is 6.13. The Labute approximate surface area is 115 Å². The lowest BCUT2D eigenvalue weighted by atomic mass is 10.0. The summed E-state index contributed by atoms with van der Waals surface area (Å²) in [5.41, 5.74) is 2.21. The Morgan fingerprint density at radius 3 is 3.06 bits per heavy atom. The van der Waals surface area contributed by atoms with Crippen molar-refractivity contribution in [1.29, 1.82) is 0 Å². The SMILES string of the molecule is CC(O)c1csc(N2CCc3sccc3C2C)n1. The highest BCUT2D eigenvalue weighted by atomic mass is 32.1. The summed E-state index contributed by atoms with van der Waals surface area (Å²) in [5.74, 6) is 0. The average molecular weight is 280 g/mol. The fourth-order valence-electron chi connectivity index (χ4n) is 2.37. The van der Waals surface area contributed by atoms with E-state index in [1.165, 1.54) is 10.4 Å². The Morgan fingerprint density at radius 2 is 2.33 bits per heavy atom. The largest absolute Gasteiger partial charge is 0.387 e. The maximum atomic E-state index is 9.55. The molecule has 5 heteroatoms. The van der Waals surface area contributed by atoms with Crippen molar-refractivity contribution >= 4 is 27.8 Å². The summed E-state index contributed by atoms with van der Waals surface area (Å²) in [5, 5.41) is 14.7. The maximum absolute atomic E-state index is 9.55. The lowest BCUT2D eigenvalue weighted by Crippen LogP contribution is -2.33. The van der Waals surface area contributed by atoms with E-state index in [-0.39, 0.29) is 0 Å². The van der Waals surface area contributed by atoms with Crippen LogP contribution in [0.15, 0.2) is 16.8 Å². The van der Waals surface area contributed by atoms with E-state index in [9.17, 15) is 5.11 Å². The van der Waals surface area contributed by atoms with Crippen molar-refractivity contribution in [3.8, 4) is 0 Å². The number of hydrogen-bond donors (Lipinski definition) is 1. The van der Waals surface area contributed by atoms with Gasteiger partial charge in [-0.1, -0.05) is 0 Å². The van der Waals surface area contributed by atoms with E-state index in [1.54, 1.807) is 18.3 Å². The van der Waals surface area contributed by atoms with E-state index >= 15 is 0 Å². The summed E-state index contributed by atoms with van der Waals surface area (Å²) >= 11 is 3.48. The molecule has 18 heavy (non-hydrogen) atoms. The molecule has 0 bridgehead atoms. The Bertz CT molecular complexity index is 547. The van der Waals surface area contributed by atoms with Gasteiger partial charge in [-0.2, -0.15) is 0 Å². The summed E-state index contributed by atoms with van der Waals surface area (Å²) < 4.78 is 0. The Kier molecular flexibility index (Phi) is 3.13. The van der Waals surface area contributed by atoms with E-state index in [0.29, 0.717) is 6.04 Å². The molecule has 0 aliphatic carbocycles. The van der Waals surface area contributed by atoms with Gasteiger partial charge in [-0.25, -0.2) is 4.98 Å². The van der Waals surface area contributed by atoms with Crippen LogP contribution >= 0.6 is 22.7 Å². The van der Waals surface area contributed by atoms with Crippen LogP contribution in [-0.4, -0.2) is 16.6 Å². The van der Waals surface area contributed by atoms with Crippen molar-refractivity contribution in [2.45, 2.75) is 32.4 Å². The minimum atomic E-state index is -0.480. The fourth-order valence-corrected chi connectivity index (χ4v) is 4.35. The Balaban J connectivity index is 1.89. The van der Waals surface area contributed by atoms with Crippen LogP contribution in [0.4, 0.5) is 5.13 Å². The van der Waals surface area contributed by atoms with Crippen molar-refractivity contribution in [2.75, 3.05) is 11.4 Å². The highest BCUT2D eigenvalue weighted by Gasteiger charge is 2.26. The first-order chi connectivity index (χ1) is 8.66. The number of rotatable bonds is 2. The number of thiazole rings is 1. The summed E-state index contributed by atoms with van der Waals surface area (Å²) in [4.78, 5) is 8.38. The van der Waals surface area contributed by atoms with Crippen LogP contribution in [0.2, 0.25) is 0 Å². The van der Waals surface area contributed by atoms with E-state index in [2.05, 4.69) is 28.3 Å². The highest BCUT2D eigenvalue weighted by Crippen LogP contribution is 2.37. The molecule has 2 aromatic heterocycles. The van der Waals surface area contributed by atoms with Gasteiger partial charge in [0, 0.05) is 16.8 Å². The molecule has 1 aliphatic heterocycles. The number of thiophene rings is 1. The molecule has 2 aromatic rings. The number of fused-ring (bicyclic) bond motifs is 1. The number of aliphatic hydroxyl groups is 1. The van der Waals surface area contributed by atoms with E-state index in [4.69, 9.17) is 0 Å². The Morgan fingerprint density at radius 1 is 1.50 bits per heavy atom. The van der Waals surface area contributed by atoms with Crippen molar-refractivity contribution in [3.05, 3.63) is 33.0 Å². The van der Waals surface area contributed by atoms with Gasteiger partial charge in [0.05, 0.1) is 17.8 Å². The number of hydrogen-bond acceptors (Lipinski definition) is 5. The molecule has 0 amide bonds. The molecule has 0 spiro atoms. The molecule has 1 aliphatic rings. The lowest BCUT2D eigenvalue weighted by Gasteiger charge is -2.33. The zero-order valence-electron chi connectivity index (χ0n) is 10.5. The lowest BCUT2D eigenvalue weighted by molar-refractivity contribution is 0.195. The molecular weight excluding hydrogens is 264 g/mol. The first kappa shape index (κ1) is 12.1. The van der Waals surface area contributed by atoms with Gasteiger partial charge < -0.3 is 10.0 Å². The van der Waals surface area contributed by atoms with E-state index < -0.39 is 6.10 Å².